The minimum absolute atomic E-state index is 0.00836. The van der Waals surface area contributed by atoms with Gasteiger partial charge in [-0.05, 0) is 44.9 Å². The third-order valence-corrected chi connectivity index (χ3v) is 6.01. The molecule has 0 aliphatic carbocycles. The number of esters is 1. The monoisotopic (exact) mass is 397 g/mol. The van der Waals surface area contributed by atoms with Crippen LogP contribution in [0.15, 0.2) is 23.1 Å². The Morgan fingerprint density at radius 1 is 1.22 bits per heavy atom. The Kier molecular flexibility index (Phi) is 6.83. The lowest BCUT2D eigenvalue weighted by molar-refractivity contribution is -0.124. The van der Waals surface area contributed by atoms with Crippen molar-refractivity contribution in [2.24, 2.45) is 0 Å². The Morgan fingerprint density at radius 3 is 2.41 bits per heavy atom. The number of anilines is 1. The molecule has 0 radical (unpaired) electrons. The third-order valence-electron chi connectivity index (χ3n) is 4.20. The maximum Gasteiger partial charge on any atom is 0.340 e. The highest BCUT2D eigenvalue weighted by molar-refractivity contribution is 7.89. The van der Waals surface area contributed by atoms with Crippen LogP contribution in [0.25, 0.3) is 0 Å². The predicted octanol–water partition coefficient (Wildman–Crippen LogP) is 1.22. The van der Waals surface area contributed by atoms with E-state index >= 15 is 0 Å². The first-order valence-electron chi connectivity index (χ1n) is 8.91. The molecule has 9 heteroatoms. The van der Waals surface area contributed by atoms with Gasteiger partial charge in [0.25, 0.3) is 5.91 Å². The number of ether oxygens (including phenoxy) is 1. The van der Waals surface area contributed by atoms with Crippen LogP contribution < -0.4 is 10.2 Å². The van der Waals surface area contributed by atoms with Crippen molar-refractivity contribution < 1.29 is 22.7 Å². The van der Waals surface area contributed by atoms with Gasteiger partial charge in [-0.25, -0.2) is 17.5 Å². The van der Waals surface area contributed by atoms with Crippen LogP contribution in [0.1, 0.15) is 37.0 Å². The van der Waals surface area contributed by atoms with Gasteiger partial charge in [-0.15, -0.1) is 0 Å². The summed E-state index contributed by atoms with van der Waals surface area (Å²) in [7, 11) is -0.836. The Bertz CT molecular complexity index is 799. The fraction of sp³-hybridized carbons (Fsp3) is 0.556. The Hall–Kier alpha value is -2.13. The SMILES string of the molecule is CC(C)NC(=O)COC(=O)c1cc(S(=O)(=O)N(C)C)ccc1N1CCCC1. The number of sulfonamides is 1. The number of carbonyl (C=O) groups is 2. The zero-order valence-electron chi connectivity index (χ0n) is 16.2. The molecule has 1 N–H and O–H groups in total. The van der Waals surface area contributed by atoms with Crippen LogP contribution in [0.4, 0.5) is 5.69 Å². The average molecular weight is 397 g/mol. The molecule has 0 spiro atoms. The number of hydrogen-bond donors (Lipinski definition) is 1. The number of nitrogens with zero attached hydrogens (tertiary/aromatic N) is 2. The molecule has 1 aliphatic rings. The van der Waals surface area contributed by atoms with E-state index in [1.54, 1.807) is 19.9 Å². The van der Waals surface area contributed by atoms with Crippen molar-refractivity contribution in [3.63, 3.8) is 0 Å². The van der Waals surface area contributed by atoms with Crippen LogP contribution in [-0.4, -0.2) is 64.4 Å². The fourth-order valence-corrected chi connectivity index (χ4v) is 3.78. The van der Waals surface area contributed by atoms with Gasteiger partial charge in [0.15, 0.2) is 6.61 Å². The first kappa shape index (κ1) is 21.2. The van der Waals surface area contributed by atoms with E-state index in [4.69, 9.17) is 4.74 Å². The van der Waals surface area contributed by atoms with Crippen LogP contribution in [0, 0.1) is 0 Å². The molecule has 8 nitrogen and oxygen atoms in total. The average Bonchev–Trinajstić information content (AvgIpc) is 3.12. The van der Waals surface area contributed by atoms with Crippen molar-refractivity contribution in [3.8, 4) is 0 Å². The van der Waals surface area contributed by atoms with Gasteiger partial charge in [-0.2, -0.15) is 0 Å². The van der Waals surface area contributed by atoms with E-state index in [0.29, 0.717) is 5.69 Å². The summed E-state index contributed by atoms with van der Waals surface area (Å²) >= 11 is 0. The van der Waals surface area contributed by atoms with Crippen LogP contribution in [0.2, 0.25) is 0 Å². The van der Waals surface area contributed by atoms with Gasteiger partial charge in [-0.3, -0.25) is 4.79 Å². The van der Waals surface area contributed by atoms with E-state index in [9.17, 15) is 18.0 Å². The molecule has 1 aromatic carbocycles. The number of benzene rings is 1. The summed E-state index contributed by atoms with van der Waals surface area (Å²) in [5.41, 5.74) is 0.775. The molecule has 0 saturated carbocycles. The summed E-state index contributed by atoms with van der Waals surface area (Å²) in [6.45, 7) is 4.77. The van der Waals surface area contributed by atoms with Crippen molar-refractivity contribution in [3.05, 3.63) is 23.8 Å². The second-order valence-electron chi connectivity index (χ2n) is 6.96. The zero-order chi connectivity index (χ0) is 20.2. The molecule has 0 unspecified atom stereocenters. The summed E-state index contributed by atoms with van der Waals surface area (Å²) in [4.78, 5) is 26.4. The van der Waals surface area contributed by atoms with Crippen molar-refractivity contribution >= 4 is 27.6 Å². The minimum atomic E-state index is -3.69. The molecular formula is C18H27N3O5S. The van der Waals surface area contributed by atoms with Crippen LogP contribution in [0.5, 0.6) is 0 Å². The van der Waals surface area contributed by atoms with E-state index in [2.05, 4.69) is 5.32 Å². The highest BCUT2D eigenvalue weighted by Crippen LogP contribution is 2.28. The summed E-state index contributed by atoms with van der Waals surface area (Å²) < 4.78 is 31.1. The van der Waals surface area contributed by atoms with Crippen LogP contribution in [0.3, 0.4) is 0 Å². The van der Waals surface area contributed by atoms with Crippen molar-refractivity contribution in [2.75, 3.05) is 38.7 Å². The summed E-state index contributed by atoms with van der Waals surface area (Å²) in [5, 5.41) is 2.64. The molecule has 0 aromatic heterocycles. The smallest absolute Gasteiger partial charge is 0.340 e. The van der Waals surface area contributed by atoms with Gasteiger partial charge in [0.2, 0.25) is 10.0 Å². The van der Waals surface area contributed by atoms with Gasteiger partial charge >= 0.3 is 5.97 Å². The lowest BCUT2D eigenvalue weighted by Gasteiger charge is -2.22. The molecule has 1 aromatic rings. The van der Waals surface area contributed by atoms with E-state index in [1.807, 2.05) is 4.90 Å². The van der Waals surface area contributed by atoms with Crippen molar-refractivity contribution in [1.82, 2.24) is 9.62 Å². The number of rotatable bonds is 7. The van der Waals surface area contributed by atoms with Gasteiger partial charge in [0.05, 0.1) is 16.1 Å². The second kappa shape index (κ2) is 8.71. The van der Waals surface area contributed by atoms with E-state index in [0.717, 1.165) is 30.2 Å². The minimum Gasteiger partial charge on any atom is -0.452 e. The molecule has 1 fully saturated rings. The first-order chi connectivity index (χ1) is 12.6. The van der Waals surface area contributed by atoms with E-state index < -0.39 is 28.5 Å². The largest absolute Gasteiger partial charge is 0.452 e. The lowest BCUT2D eigenvalue weighted by atomic mass is 10.1. The highest BCUT2D eigenvalue weighted by Gasteiger charge is 2.25. The van der Waals surface area contributed by atoms with E-state index in [-0.39, 0.29) is 16.5 Å². The number of hydrogen-bond acceptors (Lipinski definition) is 6. The quantitative estimate of drug-likeness (QED) is 0.695. The molecule has 0 bridgehead atoms. The highest BCUT2D eigenvalue weighted by atomic mass is 32.2. The number of amides is 1. The summed E-state index contributed by atoms with van der Waals surface area (Å²) in [6, 6.07) is 4.38. The Balaban J connectivity index is 2.32. The molecule has 1 heterocycles. The molecule has 1 aliphatic heterocycles. The topological polar surface area (TPSA) is 96.0 Å². The summed E-state index contributed by atoms with van der Waals surface area (Å²) in [6.07, 6.45) is 2.01. The molecule has 150 valence electrons. The standard InChI is InChI=1S/C18H27N3O5S/c1-13(2)19-17(22)12-26-18(23)15-11-14(27(24,25)20(3)4)7-8-16(15)21-9-5-6-10-21/h7-8,11,13H,5-6,9-10,12H2,1-4H3,(H,19,22). The number of carbonyl (C=O) groups excluding carboxylic acids is 2. The van der Waals surface area contributed by atoms with Gasteiger partial charge < -0.3 is 15.0 Å². The maximum atomic E-state index is 12.6. The molecule has 1 amide bonds. The van der Waals surface area contributed by atoms with Crippen molar-refractivity contribution in [1.29, 1.82) is 0 Å². The van der Waals surface area contributed by atoms with Crippen molar-refractivity contribution in [2.45, 2.75) is 37.6 Å². The molecular weight excluding hydrogens is 370 g/mol. The van der Waals surface area contributed by atoms with Gasteiger partial charge in [0, 0.05) is 33.2 Å². The number of nitrogens with one attached hydrogen (secondary N) is 1. The third kappa shape index (κ3) is 5.20. The molecule has 0 atom stereocenters. The molecule has 2 rings (SSSR count). The Labute approximate surface area is 160 Å². The van der Waals surface area contributed by atoms with Crippen LogP contribution in [-0.2, 0) is 19.6 Å². The second-order valence-corrected chi connectivity index (χ2v) is 9.11. The van der Waals surface area contributed by atoms with E-state index in [1.165, 1.54) is 26.2 Å². The van der Waals surface area contributed by atoms with Gasteiger partial charge in [-0.1, -0.05) is 0 Å². The Morgan fingerprint density at radius 2 is 1.85 bits per heavy atom. The molecule has 1 saturated heterocycles. The zero-order valence-corrected chi connectivity index (χ0v) is 17.0. The van der Waals surface area contributed by atoms with Crippen LogP contribution >= 0.6 is 0 Å². The molecule has 27 heavy (non-hydrogen) atoms. The normalized spacial score (nSPS) is 14.7. The maximum absolute atomic E-state index is 12.6. The lowest BCUT2D eigenvalue weighted by Crippen LogP contribution is -2.34. The summed E-state index contributed by atoms with van der Waals surface area (Å²) in [5.74, 6) is -1.12. The predicted molar refractivity (Wildman–Crippen MR) is 102 cm³/mol. The first-order valence-corrected chi connectivity index (χ1v) is 10.3. The van der Waals surface area contributed by atoms with Gasteiger partial charge in [0.1, 0.15) is 0 Å². The fourth-order valence-electron chi connectivity index (χ4n) is 2.86.